The van der Waals surface area contributed by atoms with E-state index in [0.717, 1.165) is 5.56 Å². The van der Waals surface area contributed by atoms with Crippen LogP contribution in [0, 0.1) is 0 Å². The van der Waals surface area contributed by atoms with Crippen molar-refractivity contribution in [3.8, 4) is 10.6 Å². The van der Waals surface area contributed by atoms with Crippen molar-refractivity contribution in [2.45, 2.75) is 6.92 Å². The van der Waals surface area contributed by atoms with Crippen LogP contribution in [0.5, 0.6) is 0 Å². The number of halogens is 1. The van der Waals surface area contributed by atoms with Crippen molar-refractivity contribution in [3.63, 3.8) is 0 Å². The molecule has 0 aliphatic heterocycles. The molecule has 0 aliphatic rings. The van der Waals surface area contributed by atoms with E-state index in [9.17, 15) is 4.79 Å². The molecule has 0 amide bonds. The summed E-state index contributed by atoms with van der Waals surface area (Å²) >= 11 is 7.28. The van der Waals surface area contributed by atoms with Gasteiger partial charge in [-0.25, -0.2) is 14.8 Å². The minimum atomic E-state index is -0.421. The van der Waals surface area contributed by atoms with Gasteiger partial charge in [0.25, 0.3) is 0 Å². The summed E-state index contributed by atoms with van der Waals surface area (Å²) in [5, 5.41) is 2.68. The Morgan fingerprint density at radius 1 is 1.59 bits per heavy atom. The van der Waals surface area contributed by atoms with Gasteiger partial charge in [0.15, 0.2) is 5.69 Å². The van der Waals surface area contributed by atoms with Crippen LogP contribution in [0.3, 0.4) is 0 Å². The Balaban J connectivity index is 2.30. The van der Waals surface area contributed by atoms with E-state index in [1.807, 2.05) is 6.07 Å². The number of ether oxygens (including phenoxy) is 1. The average molecular weight is 269 g/mol. The van der Waals surface area contributed by atoms with E-state index in [1.165, 1.54) is 11.3 Å². The highest BCUT2D eigenvalue weighted by Gasteiger charge is 2.14. The molecule has 0 radical (unpaired) electrons. The number of hydrogen-bond acceptors (Lipinski definition) is 5. The number of esters is 1. The summed E-state index contributed by atoms with van der Waals surface area (Å²) in [6.07, 6.45) is 1.60. The van der Waals surface area contributed by atoms with Crippen LogP contribution in [0.2, 0.25) is 5.15 Å². The van der Waals surface area contributed by atoms with Gasteiger partial charge in [0.2, 0.25) is 0 Å². The summed E-state index contributed by atoms with van der Waals surface area (Å²) in [4.78, 5) is 19.6. The quantitative estimate of drug-likeness (QED) is 0.634. The molecular formula is C11H9ClN2O2S. The van der Waals surface area contributed by atoms with Crippen LogP contribution in [-0.2, 0) is 4.74 Å². The Hall–Kier alpha value is -1.46. The van der Waals surface area contributed by atoms with E-state index in [1.54, 1.807) is 24.6 Å². The number of rotatable bonds is 3. The summed E-state index contributed by atoms with van der Waals surface area (Å²) < 4.78 is 4.86. The van der Waals surface area contributed by atoms with E-state index in [0.29, 0.717) is 22.5 Å². The molecule has 2 aromatic rings. The zero-order chi connectivity index (χ0) is 12.3. The molecule has 88 valence electrons. The van der Waals surface area contributed by atoms with Crippen molar-refractivity contribution < 1.29 is 9.53 Å². The minimum Gasteiger partial charge on any atom is -0.461 e. The number of thiazole rings is 1. The molecular weight excluding hydrogens is 260 g/mol. The molecule has 0 aliphatic carbocycles. The van der Waals surface area contributed by atoms with E-state index < -0.39 is 5.97 Å². The highest BCUT2D eigenvalue weighted by atomic mass is 35.5. The summed E-state index contributed by atoms with van der Waals surface area (Å²) in [6.45, 7) is 2.09. The third-order valence-corrected chi connectivity index (χ3v) is 3.16. The van der Waals surface area contributed by atoms with Gasteiger partial charge in [-0.1, -0.05) is 11.6 Å². The fourth-order valence-corrected chi connectivity index (χ4v) is 2.32. The third kappa shape index (κ3) is 2.62. The lowest BCUT2D eigenvalue weighted by Crippen LogP contribution is -2.04. The highest BCUT2D eigenvalue weighted by Crippen LogP contribution is 2.28. The lowest BCUT2D eigenvalue weighted by Gasteiger charge is -1.98. The predicted octanol–water partition coefficient (Wildman–Crippen LogP) is 3.04. The van der Waals surface area contributed by atoms with Crippen molar-refractivity contribution >= 4 is 28.9 Å². The monoisotopic (exact) mass is 268 g/mol. The third-order valence-electron chi connectivity index (χ3n) is 1.98. The molecule has 0 spiro atoms. The minimum absolute atomic E-state index is 0.298. The number of carbonyl (C=O) groups excluding carboxylic acids is 1. The maximum Gasteiger partial charge on any atom is 0.357 e. The number of nitrogens with zero attached hydrogens (tertiary/aromatic N) is 2. The van der Waals surface area contributed by atoms with Gasteiger partial charge in [0.1, 0.15) is 10.2 Å². The van der Waals surface area contributed by atoms with Crippen molar-refractivity contribution in [1.29, 1.82) is 0 Å². The Kier molecular flexibility index (Phi) is 3.71. The fraction of sp³-hybridized carbons (Fsp3) is 0.182. The first-order chi connectivity index (χ1) is 8.22. The van der Waals surface area contributed by atoms with Gasteiger partial charge in [0, 0.05) is 17.1 Å². The smallest absolute Gasteiger partial charge is 0.357 e. The van der Waals surface area contributed by atoms with Crippen molar-refractivity contribution in [1.82, 2.24) is 9.97 Å². The molecule has 0 aromatic carbocycles. The molecule has 0 unspecified atom stereocenters. The van der Waals surface area contributed by atoms with Crippen LogP contribution >= 0.6 is 22.9 Å². The topological polar surface area (TPSA) is 52.1 Å². The van der Waals surface area contributed by atoms with Gasteiger partial charge in [-0.05, 0) is 19.1 Å². The normalized spacial score (nSPS) is 10.2. The summed E-state index contributed by atoms with van der Waals surface area (Å²) in [7, 11) is 0. The van der Waals surface area contributed by atoms with E-state index in [2.05, 4.69) is 9.97 Å². The second-order valence-electron chi connectivity index (χ2n) is 3.10. The summed E-state index contributed by atoms with van der Waals surface area (Å²) in [5.74, 6) is -0.421. The lowest BCUT2D eigenvalue weighted by molar-refractivity contribution is 0.0520. The van der Waals surface area contributed by atoms with Crippen molar-refractivity contribution in [2.24, 2.45) is 0 Å². The fourth-order valence-electron chi connectivity index (χ4n) is 1.24. The van der Waals surface area contributed by atoms with Crippen LogP contribution in [0.1, 0.15) is 17.4 Å². The van der Waals surface area contributed by atoms with Gasteiger partial charge >= 0.3 is 5.97 Å². The summed E-state index contributed by atoms with van der Waals surface area (Å²) in [6, 6.07) is 3.58. The molecule has 0 saturated carbocycles. The largest absolute Gasteiger partial charge is 0.461 e. The first-order valence-corrected chi connectivity index (χ1v) is 6.21. The van der Waals surface area contributed by atoms with Crippen LogP contribution in [0.25, 0.3) is 10.6 Å². The van der Waals surface area contributed by atoms with Gasteiger partial charge in [0.05, 0.1) is 6.61 Å². The van der Waals surface area contributed by atoms with Gasteiger partial charge in [-0.15, -0.1) is 11.3 Å². The van der Waals surface area contributed by atoms with Gasteiger partial charge in [-0.3, -0.25) is 0 Å². The number of pyridine rings is 1. The lowest BCUT2D eigenvalue weighted by atomic mass is 10.3. The molecule has 4 nitrogen and oxygen atoms in total. The molecule has 2 heterocycles. The standard InChI is InChI=1S/C11H9ClN2O2S/c1-2-16-11(15)8-6-17-10(14-8)7-4-3-5-13-9(7)12/h3-6H,2H2,1H3. The highest BCUT2D eigenvalue weighted by molar-refractivity contribution is 7.13. The Morgan fingerprint density at radius 3 is 3.12 bits per heavy atom. The van der Waals surface area contributed by atoms with Gasteiger partial charge in [-0.2, -0.15) is 0 Å². The molecule has 0 fully saturated rings. The average Bonchev–Trinajstić information content (AvgIpc) is 2.79. The number of hydrogen-bond donors (Lipinski definition) is 0. The van der Waals surface area contributed by atoms with Crippen LogP contribution < -0.4 is 0 Å². The molecule has 2 aromatic heterocycles. The SMILES string of the molecule is CCOC(=O)c1csc(-c2cccnc2Cl)n1. The van der Waals surface area contributed by atoms with Crippen molar-refractivity contribution in [3.05, 3.63) is 34.6 Å². The molecule has 6 heteroatoms. The Labute approximate surface area is 107 Å². The molecule has 0 bridgehead atoms. The second-order valence-corrected chi connectivity index (χ2v) is 4.32. The maximum absolute atomic E-state index is 11.4. The zero-order valence-electron chi connectivity index (χ0n) is 9.01. The van der Waals surface area contributed by atoms with Crippen LogP contribution in [0.15, 0.2) is 23.7 Å². The van der Waals surface area contributed by atoms with Crippen LogP contribution in [-0.4, -0.2) is 22.5 Å². The number of carbonyl (C=O) groups is 1. The van der Waals surface area contributed by atoms with E-state index in [4.69, 9.17) is 16.3 Å². The molecule has 0 atom stereocenters. The number of aromatic nitrogens is 2. The molecule has 0 N–H and O–H groups in total. The van der Waals surface area contributed by atoms with E-state index >= 15 is 0 Å². The maximum atomic E-state index is 11.4. The van der Waals surface area contributed by atoms with Crippen molar-refractivity contribution in [2.75, 3.05) is 6.61 Å². The first kappa shape index (κ1) is 12.0. The molecule has 2 rings (SSSR count). The first-order valence-electron chi connectivity index (χ1n) is 4.96. The van der Waals surface area contributed by atoms with Gasteiger partial charge < -0.3 is 4.74 Å². The van der Waals surface area contributed by atoms with E-state index in [-0.39, 0.29) is 0 Å². The zero-order valence-corrected chi connectivity index (χ0v) is 10.6. The molecule has 17 heavy (non-hydrogen) atoms. The second kappa shape index (κ2) is 5.25. The predicted molar refractivity (Wildman–Crippen MR) is 66.3 cm³/mol. The van der Waals surface area contributed by atoms with Crippen LogP contribution in [0.4, 0.5) is 0 Å². The Bertz CT molecular complexity index is 542. The molecule has 0 saturated heterocycles. The Morgan fingerprint density at radius 2 is 2.41 bits per heavy atom. The summed E-state index contributed by atoms with van der Waals surface area (Å²) in [5.41, 5.74) is 1.02.